The van der Waals surface area contributed by atoms with Crippen molar-refractivity contribution in [2.45, 2.75) is 19.8 Å². The molecular formula is C11H12BrN3O2. The van der Waals surface area contributed by atoms with Crippen LogP contribution in [0.15, 0.2) is 33.3 Å². The van der Waals surface area contributed by atoms with Gasteiger partial charge in [0.1, 0.15) is 6.61 Å². The quantitative estimate of drug-likeness (QED) is 0.914. The summed E-state index contributed by atoms with van der Waals surface area (Å²) >= 11 is 3.40. The summed E-state index contributed by atoms with van der Waals surface area (Å²) in [6, 6.07) is 7.92. The zero-order valence-corrected chi connectivity index (χ0v) is 10.7. The molecule has 0 unspecified atom stereocenters. The third kappa shape index (κ3) is 3.62. The van der Waals surface area contributed by atoms with E-state index in [-0.39, 0.29) is 6.54 Å². The maximum absolute atomic E-state index is 5.47. The molecule has 0 saturated carbocycles. The van der Waals surface area contributed by atoms with Gasteiger partial charge in [-0.25, -0.2) is 0 Å². The van der Waals surface area contributed by atoms with E-state index >= 15 is 0 Å². The minimum absolute atomic E-state index is 0.249. The second-order valence-corrected chi connectivity index (χ2v) is 4.35. The van der Waals surface area contributed by atoms with Gasteiger partial charge in [0.05, 0.1) is 13.2 Å². The van der Waals surface area contributed by atoms with Crippen LogP contribution in [-0.2, 0) is 24.5 Å². The minimum Gasteiger partial charge on any atom is -0.369 e. The third-order valence-electron chi connectivity index (χ3n) is 2.07. The lowest BCUT2D eigenvalue weighted by atomic mass is 10.2. The molecule has 1 aromatic carbocycles. The Bertz CT molecular complexity index is 487. The second-order valence-electron chi connectivity index (χ2n) is 3.43. The molecule has 0 fully saturated rings. The van der Waals surface area contributed by atoms with Gasteiger partial charge in [-0.1, -0.05) is 33.2 Å². The van der Waals surface area contributed by atoms with Crippen LogP contribution in [0.25, 0.3) is 0 Å². The number of hydrogen-bond donors (Lipinski definition) is 1. The van der Waals surface area contributed by atoms with E-state index < -0.39 is 0 Å². The Morgan fingerprint density at radius 1 is 1.35 bits per heavy atom. The van der Waals surface area contributed by atoms with Gasteiger partial charge in [-0.2, -0.15) is 4.98 Å². The molecule has 6 heteroatoms. The van der Waals surface area contributed by atoms with E-state index in [1.807, 2.05) is 24.3 Å². The highest BCUT2D eigenvalue weighted by Gasteiger charge is 2.04. The molecule has 2 aromatic rings. The molecule has 90 valence electrons. The number of rotatable bonds is 5. The van der Waals surface area contributed by atoms with Crippen molar-refractivity contribution >= 4 is 15.9 Å². The zero-order valence-electron chi connectivity index (χ0n) is 9.10. The SMILES string of the molecule is NCc1nc(COCc2cccc(Br)c2)no1. The molecule has 0 radical (unpaired) electrons. The first-order valence-electron chi connectivity index (χ1n) is 5.11. The van der Waals surface area contributed by atoms with Crippen LogP contribution in [0, 0.1) is 0 Å². The first-order valence-corrected chi connectivity index (χ1v) is 5.91. The standard InChI is InChI=1S/C11H12BrN3O2/c12-9-3-1-2-8(4-9)6-16-7-10-14-11(5-13)17-15-10/h1-4H,5-7,13H2. The summed E-state index contributed by atoms with van der Waals surface area (Å²) in [5.41, 5.74) is 6.44. The van der Waals surface area contributed by atoms with Crippen molar-refractivity contribution in [3.05, 3.63) is 46.0 Å². The average Bonchev–Trinajstić information content (AvgIpc) is 2.77. The van der Waals surface area contributed by atoms with E-state index in [4.69, 9.17) is 15.0 Å². The van der Waals surface area contributed by atoms with Gasteiger partial charge in [0.15, 0.2) is 5.82 Å². The average molecular weight is 298 g/mol. The highest BCUT2D eigenvalue weighted by atomic mass is 79.9. The van der Waals surface area contributed by atoms with Gasteiger partial charge >= 0.3 is 0 Å². The molecule has 0 aliphatic carbocycles. The van der Waals surface area contributed by atoms with Crippen molar-refractivity contribution in [3.63, 3.8) is 0 Å². The van der Waals surface area contributed by atoms with Crippen LogP contribution in [0.3, 0.4) is 0 Å². The van der Waals surface area contributed by atoms with Gasteiger partial charge in [0, 0.05) is 4.47 Å². The maximum Gasteiger partial charge on any atom is 0.240 e. The highest BCUT2D eigenvalue weighted by Crippen LogP contribution is 2.12. The van der Waals surface area contributed by atoms with E-state index in [0.29, 0.717) is 24.9 Å². The van der Waals surface area contributed by atoms with E-state index in [9.17, 15) is 0 Å². The first-order chi connectivity index (χ1) is 8.28. The van der Waals surface area contributed by atoms with Crippen LogP contribution in [0.2, 0.25) is 0 Å². The summed E-state index contributed by atoms with van der Waals surface area (Å²) < 4.78 is 11.4. The Hall–Kier alpha value is -1.24. The van der Waals surface area contributed by atoms with Gasteiger partial charge in [-0.05, 0) is 17.7 Å². The molecule has 0 saturated heterocycles. The van der Waals surface area contributed by atoms with Crippen molar-refractivity contribution in [1.29, 1.82) is 0 Å². The summed E-state index contributed by atoms with van der Waals surface area (Å²) in [4.78, 5) is 4.04. The smallest absolute Gasteiger partial charge is 0.240 e. The highest BCUT2D eigenvalue weighted by molar-refractivity contribution is 9.10. The van der Waals surface area contributed by atoms with Crippen LogP contribution in [0.4, 0.5) is 0 Å². The number of nitrogens with two attached hydrogens (primary N) is 1. The normalized spacial score (nSPS) is 10.7. The lowest BCUT2D eigenvalue weighted by molar-refractivity contribution is 0.0999. The first kappa shape index (κ1) is 12.2. The van der Waals surface area contributed by atoms with Gasteiger partial charge < -0.3 is 15.0 Å². The lowest BCUT2D eigenvalue weighted by Crippen LogP contribution is -1.98. The molecule has 0 aliphatic rings. The van der Waals surface area contributed by atoms with Gasteiger partial charge in [0.2, 0.25) is 5.89 Å². The van der Waals surface area contributed by atoms with Crippen molar-refractivity contribution in [2.24, 2.45) is 5.73 Å². The van der Waals surface area contributed by atoms with Crippen molar-refractivity contribution in [3.8, 4) is 0 Å². The molecular weight excluding hydrogens is 286 g/mol. The van der Waals surface area contributed by atoms with Gasteiger partial charge in [-0.3, -0.25) is 0 Å². The fourth-order valence-electron chi connectivity index (χ4n) is 1.32. The van der Waals surface area contributed by atoms with Crippen LogP contribution >= 0.6 is 15.9 Å². The Balaban J connectivity index is 1.83. The van der Waals surface area contributed by atoms with Crippen LogP contribution in [0.5, 0.6) is 0 Å². The minimum atomic E-state index is 0.249. The molecule has 2 rings (SSSR count). The molecule has 17 heavy (non-hydrogen) atoms. The lowest BCUT2D eigenvalue weighted by Gasteiger charge is -2.01. The van der Waals surface area contributed by atoms with Crippen molar-refractivity contribution < 1.29 is 9.26 Å². The number of nitrogens with zero attached hydrogens (tertiary/aromatic N) is 2. The second kappa shape index (κ2) is 5.90. The fraction of sp³-hybridized carbons (Fsp3) is 0.273. The summed E-state index contributed by atoms with van der Waals surface area (Å²) in [7, 11) is 0. The van der Waals surface area contributed by atoms with Crippen LogP contribution in [0.1, 0.15) is 17.3 Å². The Morgan fingerprint density at radius 3 is 2.94 bits per heavy atom. The maximum atomic E-state index is 5.47. The Morgan fingerprint density at radius 2 is 2.24 bits per heavy atom. The molecule has 1 aromatic heterocycles. The summed E-state index contributed by atoms with van der Waals surface area (Å²) in [5, 5.41) is 3.74. The predicted molar refractivity (Wildman–Crippen MR) is 64.8 cm³/mol. The monoisotopic (exact) mass is 297 g/mol. The Kier molecular flexibility index (Phi) is 4.24. The zero-order chi connectivity index (χ0) is 12.1. The molecule has 0 atom stereocenters. The van der Waals surface area contributed by atoms with E-state index in [0.717, 1.165) is 10.0 Å². The van der Waals surface area contributed by atoms with Crippen LogP contribution in [-0.4, -0.2) is 10.1 Å². The van der Waals surface area contributed by atoms with Gasteiger partial charge in [0.25, 0.3) is 0 Å². The third-order valence-corrected chi connectivity index (χ3v) is 2.57. The van der Waals surface area contributed by atoms with Crippen LogP contribution < -0.4 is 5.73 Å². The molecule has 0 amide bonds. The van der Waals surface area contributed by atoms with Crippen molar-refractivity contribution in [2.75, 3.05) is 0 Å². The fourth-order valence-corrected chi connectivity index (χ4v) is 1.77. The molecule has 2 N–H and O–H groups in total. The van der Waals surface area contributed by atoms with Crippen molar-refractivity contribution in [1.82, 2.24) is 10.1 Å². The van der Waals surface area contributed by atoms with E-state index in [2.05, 4.69) is 26.1 Å². The number of hydrogen-bond acceptors (Lipinski definition) is 5. The molecule has 0 aliphatic heterocycles. The topological polar surface area (TPSA) is 74.2 Å². The largest absolute Gasteiger partial charge is 0.369 e. The molecule has 0 spiro atoms. The summed E-state index contributed by atoms with van der Waals surface area (Å²) in [6.07, 6.45) is 0. The summed E-state index contributed by atoms with van der Waals surface area (Å²) in [5.74, 6) is 0.937. The Labute approximate surface area is 107 Å². The van der Waals surface area contributed by atoms with E-state index in [1.54, 1.807) is 0 Å². The molecule has 1 heterocycles. The van der Waals surface area contributed by atoms with E-state index in [1.165, 1.54) is 0 Å². The number of aromatic nitrogens is 2. The number of halogens is 1. The number of ether oxygens (including phenoxy) is 1. The predicted octanol–water partition coefficient (Wildman–Crippen LogP) is 2.01. The molecule has 5 nitrogen and oxygen atoms in total. The number of benzene rings is 1. The molecule has 0 bridgehead atoms. The summed E-state index contributed by atoms with van der Waals surface area (Å²) in [6.45, 7) is 1.07. The van der Waals surface area contributed by atoms with Gasteiger partial charge in [-0.15, -0.1) is 0 Å².